The predicted octanol–water partition coefficient (Wildman–Crippen LogP) is 4.38. The van der Waals surface area contributed by atoms with Crippen LogP contribution in [0.25, 0.3) is 10.8 Å². The van der Waals surface area contributed by atoms with Gasteiger partial charge in [0, 0.05) is 18.2 Å². The summed E-state index contributed by atoms with van der Waals surface area (Å²) in [5.41, 5.74) is 1.26. The maximum Gasteiger partial charge on any atom is 0.168 e. The van der Waals surface area contributed by atoms with Crippen molar-refractivity contribution in [2.75, 3.05) is 13.2 Å². The van der Waals surface area contributed by atoms with E-state index >= 15 is 0 Å². The Bertz CT molecular complexity index is 651. The van der Waals surface area contributed by atoms with Crippen LogP contribution < -0.4 is 0 Å². The van der Waals surface area contributed by atoms with Gasteiger partial charge in [0.05, 0.1) is 13.2 Å². The fourth-order valence-corrected chi connectivity index (χ4v) is 3.80. The van der Waals surface area contributed by atoms with E-state index in [0.717, 1.165) is 36.5 Å². The van der Waals surface area contributed by atoms with Gasteiger partial charge in [-0.1, -0.05) is 30.3 Å². The maximum atomic E-state index is 13.9. The number of ether oxygens (including phenoxy) is 2. The van der Waals surface area contributed by atoms with Crippen molar-refractivity contribution in [1.29, 1.82) is 0 Å². The lowest BCUT2D eigenvalue weighted by Crippen LogP contribution is -2.34. The Kier molecular flexibility index (Phi) is 3.20. The van der Waals surface area contributed by atoms with Crippen LogP contribution in [0.5, 0.6) is 0 Å². The molecule has 2 nitrogen and oxygen atoms in total. The largest absolute Gasteiger partial charge is 0.348 e. The number of halogens is 1. The van der Waals surface area contributed by atoms with Gasteiger partial charge in [0.15, 0.2) is 5.79 Å². The van der Waals surface area contributed by atoms with Crippen molar-refractivity contribution in [3.05, 3.63) is 47.8 Å². The van der Waals surface area contributed by atoms with E-state index in [0.29, 0.717) is 19.1 Å². The van der Waals surface area contributed by atoms with Crippen LogP contribution in [-0.2, 0) is 9.47 Å². The van der Waals surface area contributed by atoms with Gasteiger partial charge in [0.1, 0.15) is 5.82 Å². The SMILES string of the molecule is Fc1ccc(C2CCC3(CC2)OCCO3)c2ccccc12. The van der Waals surface area contributed by atoms with Gasteiger partial charge < -0.3 is 9.47 Å². The zero-order valence-electron chi connectivity index (χ0n) is 12.0. The van der Waals surface area contributed by atoms with Crippen LogP contribution >= 0.6 is 0 Å². The van der Waals surface area contributed by atoms with Crippen molar-refractivity contribution in [3.63, 3.8) is 0 Å². The standard InChI is InChI=1S/C18H19FO2/c19-17-6-5-14(15-3-1-2-4-16(15)17)13-7-9-18(10-8-13)20-11-12-21-18/h1-6,13H,7-12H2. The molecule has 2 fully saturated rings. The minimum atomic E-state index is -0.327. The topological polar surface area (TPSA) is 18.5 Å². The van der Waals surface area contributed by atoms with Crippen molar-refractivity contribution < 1.29 is 13.9 Å². The van der Waals surface area contributed by atoms with Crippen molar-refractivity contribution in [2.45, 2.75) is 37.4 Å². The first-order chi connectivity index (χ1) is 10.3. The molecule has 3 heteroatoms. The molecule has 1 aliphatic carbocycles. The van der Waals surface area contributed by atoms with E-state index in [9.17, 15) is 4.39 Å². The average Bonchev–Trinajstić information content (AvgIpc) is 2.98. The molecule has 1 saturated heterocycles. The number of hydrogen-bond acceptors (Lipinski definition) is 2. The summed E-state index contributed by atoms with van der Waals surface area (Å²) >= 11 is 0. The first kappa shape index (κ1) is 13.2. The molecule has 1 saturated carbocycles. The molecule has 21 heavy (non-hydrogen) atoms. The molecule has 1 spiro atoms. The molecular weight excluding hydrogens is 267 g/mol. The summed E-state index contributed by atoms with van der Waals surface area (Å²) in [6, 6.07) is 11.3. The van der Waals surface area contributed by atoms with Crippen LogP contribution in [0, 0.1) is 5.82 Å². The summed E-state index contributed by atoms with van der Waals surface area (Å²) in [7, 11) is 0. The number of rotatable bonds is 1. The van der Waals surface area contributed by atoms with E-state index in [1.54, 1.807) is 6.07 Å². The molecule has 4 rings (SSSR count). The smallest absolute Gasteiger partial charge is 0.168 e. The molecule has 0 bridgehead atoms. The zero-order valence-corrected chi connectivity index (χ0v) is 12.0. The minimum Gasteiger partial charge on any atom is -0.348 e. The molecule has 0 N–H and O–H groups in total. The molecule has 0 amide bonds. The van der Waals surface area contributed by atoms with Crippen molar-refractivity contribution in [3.8, 4) is 0 Å². The van der Waals surface area contributed by atoms with Crippen LogP contribution in [0.3, 0.4) is 0 Å². The lowest BCUT2D eigenvalue weighted by atomic mass is 9.79. The second-order valence-corrected chi connectivity index (χ2v) is 6.06. The molecule has 0 aromatic heterocycles. The summed E-state index contributed by atoms with van der Waals surface area (Å²) in [5.74, 6) is 0.00445. The van der Waals surface area contributed by atoms with Crippen molar-refractivity contribution >= 4 is 10.8 Å². The van der Waals surface area contributed by atoms with E-state index in [-0.39, 0.29) is 11.6 Å². The van der Waals surface area contributed by atoms with Crippen LogP contribution in [0.15, 0.2) is 36.4 Å². The highest BCUT2D eigenvalue weighted by atomic mass is 19.1. The second kappa shape index (κ2) is 5.08. The molecular formula is C18H19FO2. The zero-order chi connectivity index (χ0) is 14.3. The van der Waals surface area contributed by atoms with Crippen molar-refractivity contribution in [2.24, 2.45) is 0 Å². The van der Waals surface area contributed by atoms with Gasteiger partial charge in [0.25, 0.3) is 0 Å². The van der Waals surface area contributed by atoms with Crippen LogP contribution in [-0.4, -0.2) is 19.0 Å². The minimum absolute atomic E-state index is 0.135. The Morgan fingerprint density at radius 3 is 2.29 bits per heavy atom. The Morgan fingerprint density at radius 2 is 1.57 bits per heavy atom. The van der Waals surface area contributed by atoms with Gasteiger partial charge in [-0.05, 0) is 35.8 Å². The van der Waals surface area contributed by atoms with E-state index in [2.05, 4.69) is 0 Å². The van der Waals surface area contributed by atoms with E-state index in [4.69, 9.17) is 9.47 Å². The quantitative estimate of drug-likeness (QED) is 0.774. The highest BCUT2D eigenvalue weighted by Gasteiger charge is 2.40. The third kappa shape index (κ3) is 2.25. The van der Waals surface area contributed by atoms with Crippen molar-refractivity contribution in [1.82, 2.24) is 0 Å². The summed E-state index contributed by atoms with van der Waals surface area (Å²) in [6.07, 6.45) is 3.94. The van der Waals surface area contributed by atoms with Gasteiger partial charge in [-0.3, -0.25) is 0 Å². The van der Waals surface area contributed by atoms with E-state index < -0.39 is 0 Å². The molecule has 2 aromatic carbocycles. The molecule has 0 atom stereocenters. The van der Waals surface area contributed by atoms with Gasteiger partial charge in [0.2, 0.25) is 0 Å². The third-order valence-corrected chi connectivity index (χ3v) is 4.91. The Morgan fingerprint density at radius 1 is 0.905 bits per heavy atom. The molecule has 2 aliphatic rings. The Labute approximate surface area is 123 Å². The predicted molar refractivity (Wildman–Crippen MR) is 79.8 cm³/mol. The highest BCUT2D eigenvalue weighted by molar-refractivity contribution is 5.86. The lowest BCUT2D eigenvalue weighted by Gasteiger charge is -2.35. The molecule has 0 unspecified atom stereocenters. The number of benzene rings is 2. The van der Waals surface area contributed by atoms with Crippen LogP contribution in [0.1, 0.15) is 37.2 Å². The maximum absolute atomic E-state index is 13.9. The van der Waals surface area contributed by atoms with E-state index in [1.807, 2.05) is 30.3 Å². The summed E-state index contributed by atoms with van der Waals surface area (Å²) in [5, 5.41) is 1.77. The summed E-state index contributed by atoms with van der Waals surface area (Å²) < 4.78 is 25.5. The molecule has 0 radical (unpaired) electrons. The average molecular weight is 286 g/mol. The van der Waals surface area contributed by atoms with Gasteiger partial charge in [-0.25, -0.2) is 4.39 Å². The normalized spacial score (nSPS) is 22.1. The second-order valence-electron chi connectivity index (χ2n) is 6.06. The molecule has 1 heterocycles. The fraction of sp³-hybridized carbons (Fsp3) is 0.444. The first-order valence-electron chi connectivity index (χ1n) is 7.72. The number of hydrogen-bond donors (Lipinski definition) is 0. The molecule has 110 valence electrons. The van der Waals surface area contributed by atoms with Gasteiger partial charge in [-0.15, -0.1) is 0 Å². The lowest BCUT2D eigenvalue weighted by molar-refractivity contribution is -0.178. The number of fused-ring (bicyclic) bond motifs is 1. The van der Waals surface area contributed by atoms with Gasteiger partial charge in [-0.2, -0.15) is 0 Å². The highest BCUT2D eigenvalue weighted by Crippen LogP contribution is 2.43. The molecule has 1 aliphatic heterocycles. The monoisotopic (exact) mass is 286 g/mol. The van der Waals surface area contributed by atoms with Crippen LogP contribution in [0.2, 0.25) is 0 Å². The summed E-state index contributed by atoms with van der Waals surface area (Å²) in [4.78, 5) is 0. The van der Waals surface area contributed by atoms with E-state index in [1.165, 1.54) is 5.56 Å². The van der Waals surface area contributed by atoms with Gasteiger partial charge >= 0.3 is 0 Å². The molecule has 2 aromatic rings. The third-order valence-electron chi connectivity index (χ3n) is 4.91. The summed E-state index contributed by atoms with van der Waals surface area (Å²) in [6.45, 7) is 1.42. The Hall–Kier alpha value is -1.45. The van der Waals surface area contributed by atoms with Crippen LogP contribution in [0.4, 0.5) is 4.39 Å². The fourth-order valence-electron chi connectivity index (χ4n) is 3.80. The first-order valence-corrected chi connectivity index (χ1v) is 7.72. The Balaban J connectivity index is 1.64.